The summed E-state index contributed by atoms with van der Waals surface area (Å²) in [5.41, 5.74) is 4.37. The summed E-state index contributed by atoms with van der Waals surface area (Å²) < 4.78 is 51.2. The van der Waals surface area contributed by atoms with Crippen molar-refractivity contribution >= 4 is 0 Å². The molecule has 2 aromatic carbocycles. The largest absolute Gasteiger partial charge is 0.238 e. The number of halogens is 2. The van der Waals surface area contributed by atoms with E-state index in [1.807, 2.05) is 32.3 Å². The van der Waals surface area contributed by atoms with Gasteiger partial charge in [0.1, 0.15) is 11.5 Å². The summed E-state index contributed by atoms with van der Waals surface area (Å²) in [7, 11) is -0.916. The van der Waals surface area contributed by atoms with Crippen molar-refractivity contribution < 1.29 is 38.0 Å². The monoisotopic (exact) mass is 366 g/mol. The second kappa shape index (κ2) is 7.73. The molecule has 1 aromatic heterocycles. The van der Waals surface area contributed by atoms with Gasteiger partial charge < -0.3 is 0 Å². The molecule has 3 aromatic rings. The van der Waals surface area contributed by atoms with Crippen LogP contribution in [0.15, 0.2) is 60.7 Å². The first-order valence-corrected chi connectivity index (χ1v) is 8.39. The summed E-state index contributed by atoms with van der Waals surface area (Å²) in [6.07, 6.45) is 0. The van der Waals surface area contributed by atoms with E-state index in [0.29, 0.717) is 0 Å². The van der Waals surface area contributed by atoms with Crippen LogP contribution in [0.25, 0.3) is 22.5 Å². The van der Waals surface area contributed by atoms with E-state index in [2.05, 4.69) is 27.6 Å². The lowest BCUT2D eigenvalue weighted by molar-refractivity contribution is -2.00. The Balaban J connectivity index is 0.000000399. The van der Waals surface area contributed by atoms with Gasteiger partial charge in [-0.05, 0) is 36.4 Å². The highest BCUT2D eigenvalue weighted by atomic mass is 35.7. The van der Waals surface area contributed by atoms with E-state index in [0.717, 1.165) is 17.0 Å². The average molecular weight is 367 g/mol. The van der Waals surface area contributed by atoms with E-state index in [-0.39, 0.29) is 5.82 Å². The Labute approximate surface area is 146 Å². The van der Waals surface area contributed by atoms with Crippen LogP contribution in [0.1, 0.15) is 0 Å². The lowest BCUT2D eigenvalue weighted by atomic mass is 10.1. The van der Waals surface area contributed by atoms with Crippen LogP contribution < -0.4 is 23.3 Å². The fourth-order valence-electron chi connectivity index (χ4n) is 2.41. The van der Waals surface area contributed by atoms with Gasteiger partial charge in [-0.25, -0.2) is 23.0 Å². The molecule has 0 N–H and O–H groups in total. The van der Waals surface area contributed by atoms with Crippen molar-refractivity contribution in [1.82, 2.24) is 4.68 Å². The molecule has 0 saturated heterocycles. The Morgan fingerprint density at radius 2 is 1.40 bits per heavy atom. The molecule has 0 bridgehead atoms. The molecular weight excluding hydrogens is 351 g/mol. The van der Waals surface area contributed by atoms with Crippen molar-refractivity contribution in [2.45, 2.75) is 0 Å². The molecule has 25 heavy (non-hydrogen) atoms. The predicted molar refractivity (Wildman–Crippen MR) is 77.4 cm³/mol. The molecule has 0 aliphatic heterocycles. The highest BCUT2D eigenvalue weighted by Crippen LogP contribution is 2.24. The molecule has 0 unspecified atom stereocenters. The number of benzene rings is 2. The molecule has 0 aliphatic carbocycles. The second-order valence-electron chi connectivity index (χ2n) is 5.21. The zero-order valence-electron chi connectivity index (χ0n) is 13.6. The van der Waals surface area contributed by atoms with Gasteiger partial charge in [0.05, 0.1) is 7.05 Å². The standard InChI is InChI=1S/C17H16FN2.ClHO4/c1-19-16(13-6-4-3-5-7-13)12-17(20(19)2)14-8-10-15(18)11-9-14;2-1(3,4)5/h3-12H,1-2H3;(H,2,3,4,5)/q+1;/p-1. The van der Waals surface area contributed by atoms with E-state index < -0.39 is 10.2 Å². The second-order valence-corrected chi connectivity index (χ2v) is 5.97. The third kappa shape index (κ3) is 5.35. The summed E-state index contributed by atoms with van der Waals surface area (Å²) in [6, 6.07) is 19.0. The van der Waals surface area contributed by atoms with Gasteiger partial charge >= 0.3 is 0 Å². The van der Waals surface area contributed by atoms with Crippen molar-refractivity contribution in [3.05, 3.63) is 66.5 Å². The predicted octanol–water partition coefficient (Wildman–Crippen LogP) is -1.43. The fraction of sp³-hybridized carbons (Fsp3) is 0.118. The molecule has 0 fully saturated rings. The van der Waals surface area contributed by atoms with Gasteiger partial charge in [-0.1, -0.05) is 18.2 Å². The quantitative estimate of drug-likeness (QED) is 0.519. The van der Waals surface area contributed by atoms with Crippen LogP contribution in [0.3, 0.4) is 0 Å². The van der Waals surface area contributed by atoms with Crippen LogP contribution in [0.2, 0.25) is 0 Å². The topological polar surface area (TPSA) is 101 Å². The Morgan fingerprint density at radius 3 is 1.92 bits per heavy atom. The molecule has 0 amide bonds. The van der Waals surface area contributed by atoms with Gasteiger partial charge in [0.25, 0.3) is 0 Å². The Morgan fingerprint density at radius 1 is 0.880 bits per heavy atom. The summed E-state index contributed by atoms with van der Waals surface area (Å²) in [4.78, 5) is 0. The molecule has 0 saturated carbocycles. The molecule has 8 heteroatoms. The lowest BCUT2D eigenvalue weighted by Gasteiger charge is -2.17. The van der Waals surface area contributed by atoms with E-state index in [1.165, 1.54) is 17.7 Å². The van der Waals surface area contributed by atoms with Crippen LogP contribution in [-0.2, 0) is 14.1 Å². The van der Waals surface area contributed by atoms with E-state index in [1.54, 1.807) is 12.1 Å². The first-order chi connectivity index (χ1) is 11.7. The molecule has 0 atom stereocenters. The number of rotatable bonds is 2. The summed E-state index contributed by atoms with van der Waals surface area (Å²) in [5.74, 6) is -0.212. The lowest BCUT2D eigenvalue weighted by Crippen LogP contribution is -2.68. The third-order valence-electron chi connectivity index (χ3n) is 3.63. The fourth-order valence-corrected chi connectivity index (χ4v) is 2.41. The maximum absolute atomic E-state index is 13.0. The minimum atomic E-state index is -4.94. The molecule has 3 rings (SSSR count). The number of hydrogen-bond donors (Lipinski definition) is 0. The number of hydrogen-bond acceptors (Lipinski definition) is 4. The van der Waals surface area contributed by atoms with Gasteiger partial charge in [0, 0.05) is 17.2 Å². The minimum Gasteiger partial charge on any atom is -0.222 e. The average Bonchev–Trinajstić information content (AvgIpc) is 2.84. The van der Waals surface area contributed by atoms with Gasteiger partial charge in [-0.3, -0.25) is 0 Å². The first kappa shape index (κ1) is 19.0. The van der Waals surface area contributed by atoms with Gasteiger partial charge in [0.15, 0.2) is 7.05 Å². The van der Waals surface area contributed by atoms with Crippen molar-refractivity contribution in [2.75, 3.05) is 0 Å². The van der Waals surface area contributed by atoms with Crippen molar-refractivity contribution in [3.8, 4) is 22.5 Å². The Hall–Kier alpha value is -2.29. The first-order valence-electron chi connectivity index (χ1n) is 7.16. The van der Waals surface area contributed by atoms with Crippen molar-refractivity contribution in [2.24, 2.45) is 14.1 Å². The van der Waals surface area contributed by atoms with E-state index in [4.69, 9.17) is 18.6 Å². The van der Waals surface area contributed by atoms with Crippen LogP contribution in [-0.4, -0.2) is 4.68 Å². The van der Waals surface area contributed by atoms with Crippen molar-refractivity contribution in [3.63, 3.8) is 0 Å². The molecule has 1 heterocycles. The van der Waals surface area contributed by atoms with Crippen LogP contribution >= 0.6 is 0 Å². The Kier molecular flexibility index (Phi) is 5.89. The van der Waals surface area contributed by atoms with Crippen LogP contribution in [0.4, 0.5) is 4.39 Å². The van der Waals surface area contributed by atoms with Crippen LogP contribution in [0.5, 0.6) is 0 Å². The molecule has 6 nitrogen and oxygen atoms in total. The molecule has 0 aliphatic rings. The molecule has 0 radical (unpaired) electrons. The summed E-state index contributed by atoms with van der Waals surface area (Å²) in [6.45, 7) is 0. The highest BCUT2D eigenvalue weighted by Gasteiger charge is 2.19. The third-order valence-corrected chi connectivity index (χ3v) is 3.63. The van der Waals surface area contributed by atoms with Crippen molar-refractivity contribution in [1.29, 1.82) is 0 Å². The van der Waals surface area contributed by atoms with E-state index >= 15 is 0 Å². The van der Waals surface area contributed by atoms with Gasteiger partial charge in [-0.2, -0.15) is 4.68 Å². The minimum absolute atomic E-state index is 0.212. The Bertz CT molecular complexity index is 824. The number of aromatic nitrogens is 2. The maximum atomic E-state index is 13.0. The normalized spacial score (nSPS) is 11.0. The number of nitrogens with zero attached hydrogens (tertiary/aromatic N) is 2. The highest BCUT2D eigenvalue weighted by molar-refractivity contribution is 5.66. The smallest absolute Gasteiger partial charge is 0.222 e. The zero-order chi connectivity index (χ0) is 18.6. The zero-order valence-corrected chi connectivity index (χ0v) is 14.3. The van der Waals surface area contributed by atoms with Gasteiger partial charge in [0.2, 0.25) is 5.69 Å². The van der Waals surface area contributed by atoms with Crippen LogP contribution in [0, 0.1) is 16.1 Å². The molecule has 0 spiro atoms. The van der Waals surface area contributed by atoms with Gasteiger partial charge in [-0.15, -0.1) is 14.9 Å². The summed E-state index contributed by atoms with van der Waals surface area (Å²) >= 11 is 0. The SMILES string of the molecule is Cn1c(-c2ccc(F)cc2)cc(-c2ccccc2)[n+]1C.[O-][Cl+3]([O-])([O-])[O-]. The summed E-state index contributed by atoms with van der Waals surface area (Å²) in [5, 5.41) is 0. The maximum Gasteiger partial charge on any atom is 0.238 e. The molecule has 132 valence electrons. The van der Waals surface area contributed by atoms with E-state index in [9.17, 15) is 4.39 Å². The molecular formula is C17H16ClFN2O4.